The van der Waals surface area contributed by atoms with Crippen molar-refractivity contribution in [2.75, 3.05) is 59.0 Å². The number of β-amino-alcohol motifs (C(OH)–C–C–N with tert-alkyl or cyclic N) is 1. The lowest BCUT2D eigenvalue weighted by Gasteiger charge is -2.35. The SMILES string of the molecule is CCOC(=O)N1CCC(NC(=O)C(=O)N2CCN(CCO)CC2)CC1. The molecule has 0 unspecified atom stereocenters. The third-order valence-electron chi connectivity index (χ3n) is 4.63. The number of hydrogen-bond acceptors (Lipinski definition) is 6. The molecule has 2 aliphatic heterocycles. The molecule has 0 aromatic rings. The molecular formula is C16H28N4O5. The van der Waals surface area contributed by atoms with Gasteiger partial charge in [0, 0.05) is 51.9 Å². The Balaban J connectivity index is 1.72. The van der Waals surface area contributed by atoms with Crippen molar-refractivity contribution in [3.63, 3.8) is 0 Å². The van der Waals surface area contributed by atoms with Crippen LogP contribution in [-0.2, 0) is 14.3 Å². The molecule has 2 saturated heterocycles. The summed E-state index contributed by atoms with van der Waals surface area (Å²) in [4.78, 5) is 41.3. The molecule has 2 fully saturated rings. The van der Waals surface area contributed by atoms with E-state index in [1.54, 1.807) is 16.7 Å². The summed E-state index contributed by atoms with van der Waals surface area (Å²) in [5, 5.41) is 11.7. The molecule has 2 aliphatic rings. The average molecular weight is 356 g/mol. The fraction of sp³-hybridized carbons (Fsp3) is 0.812. The van der Waals surface area contributed by atoms with Crippen molar-refractivity contribution in [1.82, 2.24) is 20.0 Å². The van der Waals surface area contributed by atoms with Crippen molar-refractivity contribution in [2.24, 2.45) is 0 Å². The molecule has 25 heavy (non-hydrogen) atoms. The smallest absolute Gasteiger partial charge is 0.409 e. The Morgan fingerprint density at radius 1 is 1.04 bits per heavy atom. The number of aliphatic hydroxyl groups excluding tert-OH is 1. The number of nitrogens with zero attached hydrogens (tertiary/aromatic N) is 3. The molecule has 3 amide bonds. The average Bonchev–Trinajstić information content (AvgIpc) is 2.63. The van der Waals surface area contributed by atoms with Crippen molar-refractivity contribution in [1.29, 1.82) is 0 Å². The zero-order valence-corrected chi connectivity index (χ0v) is 14.8. The molecular weight excluding hydrogens is 328 g/mol. The molecule has 0 aromatic carbocycles. The van der Waals surface area contributed by atoms with Gasteiger partial charge in [0.2, 0.25) is 0 Å². The van der Waals surface area contributed by atoms with Gasteiger partial charge in [-0.05, 0) is 19.8 Å². The van der Waals surface area contributed by atoms with E-state index in [-0.39, 0.29) is 18.7 Å². The number of aliphatic hydroxyl groups is 1. The Morgan fingerprint density at radius 2 is 1.68 bits per heavy atom. The van der Waals surface area contributed by atoms with Crippen LogP contribution in [0.5, 0.6) is 0 Å². The number of carbonyl (C=O) groups is 3. The number of ether oxygens (including phenoxy) is 1. The van der Waals surface area contributed by atoms with Crippen molar-refractivity contribution in [3.8, 4) is 0 Å². The van der Waals surface area contributed by atoms with Gasteiger partial charge >= 0.3 is 17.9 Å². The molecule has 0 radical (unpaired) electrons. The summed E-state index contributed by atoms with van der Waals surface area (Å²) in [6.07, 6.45) is 0.897. The first kappa shape index (κ1) is 19.5. The van der Waals surface area contributed by atoms with Crippen LogP contribution in [0.15, 0.2) is 0 Å². The monoisotopic (exact) mass is 356 g/mol. The molecule has 2 N–H and O–H groups in total. The number of rotatable bonds is 4. The molecule has 0 aromatic heterocycles. The molecule has 9 heteroatoms. The summed E-state index contributed by atoms with van der Waals surface area (Å²) < 4.78 is 4.96. The van der Waals surface area contributed by atoms with Crippen molar-refractivity contribution in [3.05, 3.63) is 0 Å². The number of amides is 3. The third-order valence-corrected chi connectivity index (χ3v) is 4.63. The molecule has 142 valence electrons. The Kier molecular flexibility index (Phi) is 7.45. The van der Waals surface area contributed by atoms with Crippen molar-refractivity contribution in [2.45, 2.75) is 25.8 Å². The summed E-state index contributed by atoms with van der Waals surface area (Å²) >= 11 is 0. The third kappa shape index (κ3) is 5.57. The van der Waals surface area contributed by atoms with E-state index in [1.807, 2.05) is 0 Å². The van der Waals surface area contributed by atoms with Crippen molar-refractivity contribution >= 4 is 17.9 Å². The van der Waals surface area contributed by atoms with Gasteiger partial charge < -0.3 is 25.0 Å². The second-order valence-corrected chi connectivity index (χ2v) is 6.29. The van der Waals surface area contributed by atoms with Crippen LogP contribution in [0.1, 0.15) is 19.8 Å². The zero-order chi connectivity index (χ0) is 18.2. The number of carbonyl (C=O) groups excluding carboxylic acids is 3. The molecule has 0 atom stereocenters. The van der Waals surface area contributed by atoms with Crippen LogP contribution >= 0.6 is 0 Å². The normalized spacial score (nSPS) is 19.6. The minimum atomic E-state index is -0.579. The molecule has 2 rings (SSSR count). The van der Waals surface area contributed by atoms with Crippen LogP contribution in [0, 0.1) is 0 Å². The van der Waals surface area contributed by atoms with Crippen LogP contribution in [0.25, 0.3) is 0 Å². The minimum absolute atomic E-state index is 0.0962. The summed E-state index contributed by atoms with van der Waals surface area (Å²) in [7, 11) is 0. The van der Waals surface area contributed by atoms with E-state index < -0.39 is 11.8 Å². The molecule has 9 nitrogen and oxygen atoms in total. The standard InChI is InChI=1S/C16H28N4O5/c1-2-25-16(24)20-5-3-13(4-6-20)17-14(22)15(23)19-9-7-18(8-10-19)11-12-21/h13,21H,2-12H2,1H3,(H,17,22). The summed E-state index contributed by atoms with van der Waals surface area (Å²) in [6, 6.07) is -0.0993. The van der Waals surface area contributed by atoms with Gasteiger partial charge in [-0.1, -0.05) is 0 Å². The maximum Gasteiger partial charge on any atom is 0.409 e. The number of piperazine rings is 1. The highest BCUT2D eigenvalue weighted by Crippen LogP contribution is 2.12. The van der Waals surface area contributed by atoms with E-state index in [0.717, 1.165) is 0 Å². The fourth-order valence-electron chi connectivity index (χ4n) is 3.13. The molecule has 0 bridgehead atoms. The predicted molar refractivity (Wildman–Crippen MR) is 89.9 cm³/mol. The van der Waals surface area contributed by atoms with Crippen LogP contribution in [-0.4, -0.2) is 103 Å². The Morgan fingerprint density at radius 3 is 2.24 bits per heavy atom. The van der Waals surface area contributed by atoms with Gasteiger partial charge in [-0.25, -0.2) is 4.79 Å². The quantitative estimate of drug-likeness (QED) is 0.618. The van der Waals surface area contributed by atoms with Crippen LogP contribution in [0.3, 0.4) is 0 Å². The van der Waals surface area contributed by atoms with Crippen LogP contribution in [0.2, 0.25) is 0 Å². The van der Waals surface area contributed by atoms with Gasteiger partial charge in [0.1, 0.15) is 0 Å². The lowest BCUT2D eigenvalue weighted by atomic mass is 10.1. The lowest BCUT2D eigenvalue weighted by molar-refractivity contribution is -0.147. The van der Waals surface area contributed by atoms with E-state index in [4.69, 9.17) is 9.84 Å². The van der Waals surface area contributed by atoms with E-state index in [1.165, 1.54) is 0 Å². The van der Waals surface area contributed by atoms with Gasteiger partial charge in [-0.2, -0.15) is 0 Å². The number of piperidine rings is 1. The second-order valence-electron chi connectivity index (χ2n) is 6.29. The van der Waals surface area contributed by atoms with E-state index in [0.29, 0.717) is 65.3 Å². The first-order valence-corrected chi connectivity index (χ1v) is 8.89. The maximum atomic E-state index is 12.3. The second kappa shape index (κ2) is 9.57. The molecule has 0 aliphatic carbocycles. The Bertz CT molecular complexity index is 471. The Hall–Kier alpha value is -1.87. The van der Waals surface area contributed by atoms with Gasteiger partial charge in [-0.3, -0.25) is 14.5 Å². The van der Waals surface area contributed by atoms with E-state index in [9.17, 15) is 14.4 Å². The highest BCUT2D eigenvalue weighted by atomic mass is 16.6. The maximum absolute atomic E-state index is 12.3. The van der Waals surface area contributed by atoms with E-state index >= 15 is 0 Å². The van der Waals surface area contributed by atoms with Gasteiger partial charge in [-0.15, -0.1) is 0 Å². The number of hydrogen-bond donors (Lipinski definition) is 2. The zero-order valence-electron chi connectivity index (χ0n) is 14.8. The summed E-state index contributed by atoms with van der Waals surface area (Å²) in [6.45, 7) is 6.13. The minimum Gasteiger partial charge on any atom is -0.450 e. The van der Waals surface area contributed by atoms with Gasteiger partial charge in [0.25, 0.3) is 0 Å². The van der Waals surface area contributed by atoms with Crippen LogP contribution in [0.4, 0.5) is 4.79 Å². The van der Waals surface area contributed by atoms with Crippen molar-refractivity contribution < 1.29 is 24.2 Å². The number of likely N-dealkylation sites (tertiary alicyclic amines) is 1. The first-order chi connectivity index (χ1) is 12.0. The Labute approximate surface area is 147 Å². The van der Waals surface area contributed by atoms with Gasteiger partial charge in [0.15, 0.2) is 0 Å². The first-order valence-electron chi connectivity index (χ1n) is 8.89. The molecule has 0 spiro atoms. The highest BCUT2D eigenvalue weighted by Gasteiger charge is 2.29. The molecule has 2 heterocycles. The summed E-state index contributed by atoms with van der Waals surface area (Å²) in [5.74, 6) is -1.08. The summed E-state index contributed by atoms with van der Waals surface area (Å²) in [5.41, 5.74) is 0. The van der Waals surface area contributed by atoms with E-state index in [2.05, 4.69) is 10.2 Å². The molecule has 0 saturated carbocycles. The number of nitrogens with one attached hydrogen (secondary N) is 1. The highest BCUT2D eigenvalue weighted by molar-refractivity contribution is 6.35. The topological polar surface area (TPSA) is 102 Å². The lowest BCUT2D eigenvalue weighted by Crippen LogP contribution is -2.55. The largest absolute Gasteiger partial charge is 0.450 e. The fourth-order valence-corrected chi connectivity index (χ4v) is 3.13. The van der Waals surface area contributed by atoms with Gasteiger partial charge in [0.05, 0.1) is 13.2 Å². The predicted octanol–water partition coefficient (Wildman–Crippen LogP) is -1.14. The van der Waals surface area contributed by atoms with Crippen LogP contribution < -0.4 is 5.32 Å².